The maximum atomic E-state index is 13.8. The van der Waals surface area contributed by atoms with Crippen LogP contribution in [0.2, 0.25) is 0 Å². The number of aromatic nitrogens is 2. The molecule has 0 N–H and O–H groups in total. The first-order valence-corrected chi connectivity index (χ1v) is 15.3. The Morgan fingerprint density at radius 1 is 0.905 bits per heavy atom. The number of benzene rings is 2. The van der Waals surface area contributed by atoms with E-state index in [0.29, 0.717) is 48.9 Å². The van der Waals surface area contributed by atoms with E-state index in [-0.39, 0.29) is 24.0 Å². The van der Waals surface area contributed by atoms with Crippen molar-refractivity contribution in [3.63, 3.8) is 0 Å². The van der Waals surface area contributed by atoms with Crippen LogP contribution in [0.5, 0.6) is 5.75 Å². The van der Waals surface area contributed by atoms with E-state index in [0.717, 1.165) is 44.1 Å². The average molecular weight is 576 g/mol. The standard InChI is InChI=1S/C34H45N3O5/c1-5-9-10-11-15-23-36(27-19-21-28(22-20-27)42-30(16-6-2)34(40)41-8-4)33(39)25-37-31(7-3)35-29(24-32(37)38)26-17-13-12-14-18-26/h12-14,17-22,24,30H,5-11,15-16,23,25H2,1-4H3. The van der Waals surface area contributed by atoms with Crippen molar-refractivity contribution in [2.45, 2.75) is 91.7 Å². The molecule has 8 nitrogen and oxygen atoms in total. The molecule has 0 aliphatic carbocycles. The van der Waals surface area contributed by atoms with Crippen molar-refractivity contribution in [3.05, 3.63) is 76.8 Å². The van der Waals surface area contributed by atoms with Gasteiger partial charge < -0.3 is 14.4 Å². The summed E-state index contributed by atoms with van der Waals surface area (Å²) < 4.78 is 12.6. The zero-order valence-electron chi connectivity index (χ0n) is 25.5. The van der Waals surface area contributed by atoms with Crippen LogP contribution in [0, 0.1) is 0 Å². The summed E-state index contributed by atoms with van der Waals surface area (Å²) in [5, 5.41) is 0. The molecule has 0 fully saturated rings. The van der Waals surface area contributed by atoms with Crippen molar-refractivity contribution in [2.24, 2.45) is 0 Å². The Kier molecular flexibility index (Phi) is 13.3. The highest BCUT2D eigenvalue weighted by atomic mass is 16.6. The van der Waals surface area contributed by atoms with Crippen LogP contribution in [-0.4, -0.2) is 40.7 Å². The van der Waals surface area contributed by atoms with E-state index in [9.17, 15) is 14.4 Å². The molecule has 226 valence electrons. The van der Waals surface area contributed by atoms with E-state index in [1.165, 1.54) is 10.6 Å². The number of rotatable bonds is 17. The summed E-state index contributed by atoms with van der Waals surface area (Å²) in [6, 6.07) is 18.3. The molecule has 42 heavy (non-hydrogen) atoms. The normalized spacial score (nSPS) is 11.6. The third-order valence-electron chi connectivity index (χ3n) is 7.08. The van der Waals surface area contributed by atoms with Gasteiger partial charge in [-0.3, -0.25) is 14.2 Å². The Morgan fingerprint density at radius 2 is 1.62 bits per heavy atom. The Bertz CT molecular complexity index is 1320. The minimum atomic E-state index is -0.678. The van der Waals surface area contributed by atoms with Crippen molar-refractivity contribution in [3.8, 4) is 17.0 Å². The number of aryl methyl sites for hydroxylation is 1. The molecule has 8 heteroatoms. The average Bonchev–Trinajstić information content (AvgIpc) is 3.00. The zero-order chi connectivity index (χ0) is 30.3. The first kappa shape index (κ1) is 32.6. The predicted octanol–water partition coefficient (Wildman–Crippen LogP) is 6.59. The highest BCUT2D eigenvalue weighted by Gasteiger charge is 2.22. The topological polar surface area (TPSA) is 90.7 Å². The highest BCUT2D eigenvalue weighted by Crippen LogP contribution is 2.23. The highest BCUT2D eigenvalue weighted by molar-refractivity contribution is 5.93. The lowest BCUT2D eigenvalue weighted by molar-refractivity contribution is -0.151. The fraction of sp³-hybridized carbons (Fsp3) is 0.471. The van der Waals surface area contributed by atoms with Crippen LogP contribution >= 0.6 is 0 Å². The van der Waals surface area contributed by atoms with Crippen LogP contribution in [0.15, 0.2) is 65.5 Å². The molecule has 1 heterocycles. The zero-order valence-corrected chi connectivity index (χ0v) is 25.5. The molecule has 1 unspecified atom stereocenters. The van der Waals surface area contributed by atoms with Gasteiger partial charge in [0.05, 0.1) is 12.3 Å². The van der Waals surface area contributed by atoms with Crippen LogP contribution in [0.4, 0.5) is 5.69 Å². The second-order valence-corrected chi connectivity index (χ2v) is 10.3. The number of hydrogen-bond donors (Lipinski definition) is 0. The van der Waals surface area contributed by atoms with Crippen molar-refractivity contribution < 1.29 is 19.1 Å². The van der Waals surface area contributed by atoms with Gasteiger partial charge in [-0.15, -0.1) is 0 Å². The lowest BCUT2D eigenvalue weighted by Crippen LogP contribution is -2.38. The first-order valence-electron chi connectivity index (χ1n) is 15.3. The van der Waals surface area contributed by atoms with Gasteiger partial charge in [-0.25, -0.2) is 9.78 Å². The minimum Gasteiger partial charge on any atom is -0.479 e. The largest absolute Gasteiger partial charge is 0.479 e. The van der Waals surface area contributed by atoms with E-state index < -0.39 is 6.10 Å². The monoisotopic (exact) mass is 575 g/mol. The molecule has 2 aromatic carbocycles. The molecule has 3 rings (SSSR count). The summed E-state index contributed by atoms with van der Waals surface area (Å²) >= 11 is 0. The Morgan fingerprint density at radius 3 is 2.26 bits per heavy atom. The third kappa shape index (κ3) is 9.29. The van der Waals surface area contributed by atoms with E-state index in [1.54, 1.807) is 24.0 Å². The number of ether oxygens (including phenoxy) is 2. The molecule has 0 bridgehead atoms. The van der Waals surface area contributed by atoms with Gasteiger partial charge in [0, 0.05) is 30.3 Å². The number of anilines is 1. The molecule has 1 atom stereocenters. The van der Waals surface area contributed by atoms with Gasteiger partial charge in [0.1, 0.15) is 18.1 Å². The number of hydrogen-bond acceptors (Lipinski definition) is 6. The number of carbonyl (C=O) groups excluding carboxylic acids is 2. The summed E-state index contributed by atoms with van der Waals surface area (Å²) in [7, 11) is 0. The summed E-state index contributed by atoms with van der Waals surface area (Å²) in [6.07, 6.45) is 6.46. The van der Waals surface area contributed by atoms with E-state index >= 15 is 0 Å². The smallest absolute Gasteiger partial charge is 0.347 e. The Labute approximate surface area is 249 Å². The van der Waals surface area contributed by atoms with Crippen LogP contribution in [0.3, 0.4) is 0 Å². The SMILES string of the molecule is CCCCCCCN(C(=O)Cn1c(CC)nc(-c2ccccc2)cc1=O)c1ccc(OC(CCC)C(=O)OCC)cc1. The Balaban J connectivity index is 1.83. The molecule has 0 aliphatic rings. The van der Waals surface area contributed by atoms with Gasteiger partial charge in [0.2, 0.25) is 5.91 Å². The number of unbranched alkanes of at least 4 members (excludes halogenated alkanes) is 4. The van der Waals surface area contributed by atoms with Crippen LogP contribution in [0.25, 0.3) is 11.3 Å². The molecular weight excluding hydrogens is 530 g/mol. The van der Waals surface area contributed by atoms with Crippen LogP contribution in [0.1, 0.15) is 78.5 Å². The molecular formula is C34H45N3O5. The second-order valence-electron chi connectivity index (χ2n) is 10.3. The summed E-state index contributed by atoms with van der Waals surface area (Å²) in [5.41, 5.74) is 1.93. The van der Waals surface area contributed by atoms with E-state index in [4.69, 9.17) is 14.5 Å². The molecule has 0 radical (unpaired) electrons. The fourth-order valence-corrected chi connectivity index (χ4v) is 4.83. The van der Waals surface area contributed by atoms with Gasteiger partial charge in [-0.05, 0) is 44.0 Å². The van der Waals surface area contributed by atoms with Crippen LogP contribution < -0.4 is 15.2 Å². The van der Waals surface area contributed by atoms with Crippen LogP contribution in [-0.2, 0) is 27.3 Å². The van der Waals surface area contributed by atoms with Crippen molar-refractivity contribution in [2.75, 3.05) is 18.1 Å². The molecule has 0 saturated carbocycles. The molecule has 0 saturated heterocycles. The maximum Gasteiger partial charge on any atom is 0.347 e. The lowest BCUT2D eigenvalue weighted by atomic mass is 10.1. The number of carbonyl (C=O) groups is 2. The Hall–Kier alpha value is -3.94. The maximum absolute atomic E-state index is 13.8. The predicted molar refractivity (Wildman–Crippen MR) is 167 cm³/mol. The molecule has 1 amide bonds. The lowest BCUT2D eigenvalue weighted by Gasteiger charge is -2.25. The van der Waals surface area contributed by atoms with Gasteiger partial charge in [-0.2, -0.15) is 0 Å². The van der Waals surface area contributed by atoms with Gasteiger partial charge in [0.25, 0.3) is 5.56 Å². The fourth-order valence-electron chi connectivity index (χ4n) is 4.83. The molecule has 0 aliphatic heterocycles. The number of nitrogens with zero attached hydrogens (tertiary/aromatic N) is 3. The third-order valence-corrected chi connectivity index (χ3v) is 7.08. The quantitative estimate of drug-likeness (QED) is 0.133. The second kappa shape index (κ2) is 17.1. The first-order chi connectivity index (χ1) is 20.4. The number of esters is 1. The molecule has 3 aromatic rings. The van der Waals surface area contributed by atoms with Crippen molar-refractivity contribution in [1.29, 1.82) is 0 Å². The molecule has 0 spiro atoms. The molecule has 1 aromatic heterocycles. The summed E-state index contributed by atoms with van der Waals surface area (Å²) in [4.78, 5) is 45.8. The minimum absolute atomic E-state index is 0.0985. The summed E-state index contributed by atoms with van der Waals surface area (Å²) in [6.45, 7) is 8.60. The van der Waals surface area contributed by atoms with Gasteiger partial charge in [-0.1, -0.05) is 83.2 Å². The van der Waals surface area contributed by atoms with Crippen molar-refractivity contribution in [1.82, 2.24) is 9.55 Å². The van der Waals surface area contributed by atoms with E-state index in [1.807, 2.05) is 56.3 Å². The summed E-state index contributed by atoms with van der Waals surface area (Å²) in [5.74, 6) is 0.546. The van der Waals surface area contributed by atoms with Gasteiger partial charge in [0.15, 0.2) is 6.10 Å². The van der Waals surface area contributed by atoms with Gasteiger partial charge >= 0.3 is 5.97 Å². The number of amides is 1. The van der Waals surface area contributed by atoms with Crippen molar-refractivity contribution >= 4 is 17.6 Å². The van der Waals surface area contributed by atoms with E-state index in [2.05, 4.69) is 6.92 Å².